The van der Waals surface area contributed by atoms with E-state index in [1.165, 1.54) is 0 Å². The number of carbonyl (C=O) groups excluding carboxylic acids is 1. The van der Waals surface area contributed by atoms with Crippen LogP contribution in [-0.4, -0.2) is 46.8 Å². The number of hydrogen-bond acceptors (Lipinski definition) is 3. The van der Waals surface area contributed by atoms with Gasteiger partial charge in [-0.25, -0.2) is 0 Å². The number of aryl methyl sites for hydroxylation is 2. The van der Waals surface area contributed by atoms with Gasteiger partial charge in [-0.3, -0.25) is 9.48 Å². The maximum absolute atomic E-state index is 12.8. The van der Waals surface area contributed by atoms with E-state index in [9.17, 15) is 4.79 Å². The fraction of sp³-hybridized carbons (Fsp3) is 0.733. The molecule has 0 aliphatic carbocycles. The van der Waals surface area contributed by atoms with E-state index in [1.807, 2.05) is 32.8 Å². The molecule has 0 aromatic carbocycles. The minimum absolute atomic E-state index is 0.140. The van der Waals surface area contributed by atoms with Crippen LogP contribution in [0.2, 0.25) is 0 Å². The lowest BCUT2D eigenvalue weighted by Crippen LogP contribution is -2.50. The molecule has 1 saturated heterocycles. The second kappa shape index (κ2) is 5.95. The molecule has 1 aliphatic rings. The molecule has 112 valence electrons. The van der Waals surface area contributed by atoms with Crippen LogP contribution in [0.1, 0.15) is 41.5 Å². The Morgan fingerprint density at radius 2 is 2.15 bits per heavy atom. The van der Waals surface area contributed by atoms with Gasteiger partial charge in [0.25, 0.3) is 5.91 Å². The van der Waals surface area contributed by atoms with Gasteiger partial charge in [0.1, 0.15) is 0 Å². The molecule has 1 aliphatic heterocycles. The zero-order valence-electron chi connectivity index (χ0n) is 13.2. The molecule has 0 radical (unpaired) electrons. The van der Waals surface area contributed by atoms with Gasteiger partial charge in [0.15, 0.2) is 0 Å². The number of rotatable bonds is 3. The summed E-state index contributed by atoms with van der Waals surface area (Å²) in [5, 5.41) is 7.73. The molecule has 2 rings (SSSR count). The maximum Gasteiger partial charge on any atom is 0.257 e. The molecule has 5 heteroatoms. The van der Waals surface area contributed by atoms with E-state index < -0.39 is 0 Å². The molecule has 0 spiro atoms. The first-order valence-corrected chi connectivity index (χ1v) is 7.46. The lowest BCUT2D eigenvalue weighted by Gasteiger charge is -2.38. The van der Waals surface area contributed by atoms with Gasteiger partial charge in [0.2, 0.25) is 0 Å². The topological polar surface area (TPSA) is 50.2 Å². The van der Waals surface area contributed by atoms with Crippen LogP contribution in [0.5, 0.6) is 0 Å². The molecule has 2 heterocycles. The summed E-state index contributed by atoms with van der Waals surface area (Å²) in [6.45, 7) is 7.75. The summed E-state index contributed by atoms with van der Waals surface area (Å²) in [5.74, 6) is 0.677. The first-order chi connectivity index (χ1) is 9.49. The summed E-state index contributed by atoms with van der Waals surface area (Å²) in [6, 6.07) is 0.528. The molecule has 1 N–H and O–H groups in total. The molecule has 2 unspecified atom stereocenters. The normalized spacial score (nSPS) is 23.1. The lowest BCUT2D eigenvalue weighted by molar-refractivity contribution is 0.0630. The quantitative estimate of drug-likeness (QED) is 0.911. The molecule has 0 saturated carbocycles. The molecule has 5 nitrogen and oxygen atoms in total. The van der Waals surface area contributed by atoms with Gasteiger partial charge in [-0.1, -0.05) is 13.3 Å². The third-order valence-electron chi connectivity index (χ3n) is 4.64. The van der Waals surface area contributed by atoms with Crippen molar-refractivity contribution in [2.24, 2.45) is 13.0 Å². The number of piperidine rings is 1. The lowest BCUT2D eigenvalue weighted by atomic mass is 9.89. The Bertz CT molecular complexity index is 494. The maximum atomic E-state index is 12.8. The Morgan fingerprint density at radius 1 is 1.45 bits per heavy atom. The van der Waals surface area contributed by atoms with Gasteiger partial charge in [0.05, 0.1) is 11.3 Å². The number of nitrogens with one attached hydrogen (secondary N) is 1. The standard InChI is InChI=1S/C15H26N4O/c1-6-12-9-19(8-7-13(12)16-4)15(20)14-10(2)17-18(5)11(14)3/h12-13,16H,6-9H2,1-5H3. The van der Waals surface area contributed by atoms with E-state index in [-0.39, 0.29) is 5.91 Å². The Kier molecular flexibility index (Phi) is 4.48. The zero-order chi connectivity index (χ0) is 14.9. The Hall–Kier alpha value is -1.36. The van der Waals surface area contributed by atoms with Crippen LogP contribution in [-0.2, 0) is 7.05 Å². The molecular formula is C15H26N4O. The molecule has 1 aromatic heterocycles. The highest BCUT2D eigenvalue weighted by Gasteiger charge is 2.31. The van der Waals surface area contributed by atoms with Crippen molar-refractivity contribution in [1.82, 2.24) is 20.0 Å². The van der Waals surface area contributed by atoms with Gasteiger partial charge in [0, 0.05) is 31.9 Å². The van der Waals surface area contributed by atoms with E-state index in [2.05, 4.69) is 17.3 Å². The van der Waals surface area contributed by atoms with E-state index in [1.54, 1.807) is 4.68 Å². The Balaban J connectivity index is 2.18. The predicted octanol–water partition coefficient (Wildman–Crippen LogP) is 1.50. The second-order valence-corrected chi connectivity index (χ2v) is 5.77. The van der Waals surface area contributed by atoms with Crippen molar-refractivity contribution in [2.45, 2.75) is 39.7 Å². The van der Waals surface area contributed by atoms with Crippen molar-refractivity contribution in [3.8, 4) is 0 Å². The van der Waals surface area contributed by atoms with Crippen LogP contribution in [0.4, 0.5) is 0 Å². The highest BCUT2D eigenvalue weighted by atomic mass is 16.2. The van der Waals surface area contributed by atoms with E-state index in [0.29, 0.717) is 12.0 Å². The minimum Gasteiger partial charge on any atom is -0.338 e. The van der Waals surface area contributed by atoms with Crippen LogP contribution >= 0.6 is 0 Å². The van der Waals surface area contributed by atoms with E-state index in [0.717, 1.165) is 42.9 Å². The number of aromatic nitrogens is 2. The van der Waals surface area contributed by atoms with E-state index >= 15 is 0 Å². The van der Waals surface area contributed by atoms with Crippen molar-refractivity contribution in [3.63, 3.8) is 0 Å². The second-order valence-electron chi connectivity index (χ2n) is 5.77. The highest BCUT2D eigenvalue weighted by Crippen LogP contribution is 2.23. The van der Waals surface area contributed by atoms with Crippen LogP contribution in [0, 0.1) is 19.8 Å². The Labute approximate surface area is 121 Å². The molecule has 2 atom stereocenters. The average molecular weight is 278 g/mol. The average Bonchev–Trinajstić information content (AvgIpc) is 2.70. The number of likely N-dealkylation sites (tertiary alicyclic amines) is 1. The molecule has 0 bridgehead atoms. The molecular weight excluding hydrogens is 252 g/mol. The van der Waals surface area contributed by atoms with Crippen molar-refractivity contribution < 1.29 is 4.79 Å². The van der Waals surface area contributed by atoms with Gasteiger partial charge >= 0.3 is 0 Å². The zero-order valence-corrected chi connectivity index (χ0v) is 13.2. The predicted molar refractivity (Wildman–Crippen MR) is 79.8 cm³/mol. The monoisotopic (exact) mass is 278 g/mol. The molecule has 1 fully saturated rings. The minimum atomic E-state index is 0.140. The highest BCUT2D eigenvalue weighted by molar-refractivity contribution is 5.96. The first-order valence-electron chi connectivity index (χ1n) is 7.46. The summed E-state index contributed by atoms with van der Waals surface area (Å²) in [6.07, 6.45) is 2.12. The van der Waals surface area contributed by atoms with Crippen LogP contribution in [0.3, 0.4) is 0 Å². The third-order valence-corrected chi connectivity index (χ3v) is 4.64. The molecule has 20 heavy (non-hydrogen) atoms. The van der Waals surface area contributed by atoms with Crippen molar-refractivity contribution >= 4 is 5.91 Å². The fourth-order valence-corrected chi connectivity index (χ4v) is 3.25. The van der Waals surface area contributed by atoms with Crippen molar-refractivity contribution in [3.05, 3.63) is 17.0 Å². The number of carbonyl (C=O) groups is 1. The van der Waals surface area contributed by atoms with Gasteiger partial charge in [-0.15, -0.1) is 0 Å². The third kappa shape index (κ3) is 2.59. The summed E-state index contributed by atoms with van der Waals surface area (Å²) >= 11 is 0. The molecule has 1 amide bonds. The van der Waals surface area contributed by atoms with Crippen LogP contribution in [0.15, 0.2) is 0 Å². The SMILES string of the molecule is CCC1CN(C(=O)c2c(C)nn(C)c2C)CCC1NC. The molecule has 1 aromatic rings. The summed E-state index contributed by atoms with van der Waals surface area (Å²) < 4.78 is 1.79. The van der Waals surface area contributed by atoms with Crippen LogP contribution < -0.4 is 5.32 Å². The number of hydrogen-bond donors (Lipinski definition) is 1. The fourth-order valence-electron chi connectivity index (χ4n) is 3.25. The Morgan fingerprint density at radius 3 is 2.65 bits per heavy atom. The smallest absolute Gasteiger partial charge is 0.257 e. The summed E-state index contributed by atoms with van der Waals surface area (Å²) in [5.41, 5.74) is 2.57. The number of nitrogens with zero attached hydrogens (tertiary/aromatic N) is 3. The van der Waals surface area contributed by atoms with Crippen LogP contribution in [0.25, 0.3) is 0 Å². The van der Waals surface area contributed by atoms with Crippen molar-refractivity contribution in [2.75, 3.05) is 20.1 Å². The van der Waals surface area contributed by atoms with Gasteiger partial charge in [-0.2, -0.15) is 5.10 Å². The first kappa shape index (κ1) is 15.0. The summed E-state index contributed by atoms with van der Waals surface area (Å²) in [4.78, 5) is 14.8. The number of amides is 1. The van der Waals surface area contributed by atoms with Gasteiger partial charge in [-0.05, 0) is 33.2 Å². The van der Waals surface area contributed by atoms with Crippen molar-refractivity contribution in [1.29, 1.82) is 0 Å². The summed E-state index contributed by atoms with van der Waals surface area (Å²) in [7, 11) is 3.90. The van der Waals surface area contributed by atoms with E-state index in [4.69, 9.17) is 0 Å². The van der Waals surface area contributed by atoms with Gasteiger partial charge < -0.3 is 10.2 Å². The largest absolute Gasteiger partial charge is 0.338 e.